The molecule has 0 spiro atoms. The van der Waals surface area contributed by atoms with E-state index < -0.39 is 0 Å². The van der Waals surface area contributed by atoms with Crippen LogP contribution in [0.15, 0.2) is 65.6 Å². The number of hydrogen-bond donors (Lipinski definition) is 3. The number of amides is 2. The number of fused-ring (bicyclic) bond motifs is 2. The van der Waals surface area contributed by atoms with Gasteiger partial charge < -0.3 is 25.2 Å². The predicted molar refractivity (Wildman–Crippen MR) is 161 cm³/mol. The van der Waals surface area contributed by atoms with Crippen molar-refractivity contribution in [3.8, 4) is 11.3 Å². The maximum atomic E-state index is 13.7. The minimum absolute atomic E-state index is 0.0363. The van der Waals surface area contributed by atoms with Gasteiger partial charge in [0.05, 0.1) is 18.0 Å². The highest BCUT2D eigenvalue weighted by Crippen LogP contribution is 2.41. The number of aliphatic hydroxyl groups excluding tert-OH is 1. The fraction of sp³-hybridized carbons (Fsp3) is 0.273. The fourth-order valence-electron chi connectivity index (χ4n) is 6.05. The molecule has 9 heteroatoms. The number of carbonyl (C=O) groups excluding carboxylic acids is 2. The number of nitrogens with zero attached hydrogens (tertiary/aromatic N) is 3. The van der Waals surface area contributed by atoms with Gasteiger partial charge in [-0.15, -0.1) is 0 Å². The van der Waals surface area contributed by atoms with Gasteiger partial charge in [0.1, 0.15) is 0 Å². The minimum atomic E-state index is -0.324. The molecule has 7 rings (SSSR count). The Morgan fingerprint density at radius 2 is 1.83 bits per heavy atom. The van der Waals surface area contributed by atoms with E-state index in [0.29, 0.717) is 59.1 Å². The lowest BCUT2D eigenvalue weighted by atomic mass is 9.93. The van der Waals surface area contributed by atoms with E-state index in [9.17, 15) is 19.5 Å². The first-order valence-corrected chi connectivity index (χ1v) is 14.3. The number of nitrogens with one attached hydrogen (secondary N) is 2. The standard InChI is InChI=1S/C33H31N5O4/c1-37-17-28(36-31(33(37)42)34-23-10-7-20-9-12-30(40)35-27(20)16-23)25-3-2-4-29(26(25)18-39)38-14-13-22-15-21(19-5-6-19)8-11-24(22)32(38)41/h2-4,7-8,10-11,15-17,19,39H,5-6,9,12-14,18H2,1H3,(H,34,36)(H,35,40). The summed E-state index contributed by atoms with van der Waals surface area (Å²) in [5.74, 6) is 0.621. The van der Waals surface area contributed by atoms with Crippen LogP contribution in [-0.2, 0) is 31.3 Å². The van der Waals surface area contributed by atoms with Crippen molar-refractivity contribution in [1.82, 2.24) is 9.55 Å². The molecule has 4 aromatic rings. The zero-order valence-electron chi connectivity index (χ0n) is 23.3. The van der Waals surface area contributed by atoms with Gasteiger partial charge >= 0.3 is 0 Å². The number of anilines is 4. The minimum Gasteiger partial charge on any atom is -0.392 e. The van der Waals surface area contributed by atoms with Crippen LogP contribution in [0.3, 0.4) is 0 Å². The van der Waals surface area contributed by atoms with Crippen LogP contribution < -0.4 is 21.1 Å². The molecule has 0 bridgehead atoms. The Bertz CT molecular complexity index is 1820. The number of hydrogen-bond acceptors (Lipinski definition) is 6. The lowest BCUT2D eigenvalue weighted by Crippen LogP contribution is -2.38. The summed E-state index contributed by atoms with van der Waals surface area (Å²) in [5, 5.41) is 16.6. The fourth-order valence-corrected chi connectivity index (χ4v) is 6.05. The van der Waals surface area contributed by atoms with E-state index in [4.69, 9.17) is 0 Å². The highest BCUT2D eigenvalue weighted by molar-refractivity contribution is 6.09. The largest absolute Gasteiger partial charge is 0.392 e. The van der Waals surface area contributed by atoms with Gasteiger partial charge in [-0.25, -0.2) is 4.98 Å². The van der Waals surface area contributed by atoms with Crippen LogP contribution in [0.5, 0.6) is 0 Å². The van der Waals surface area contributed by atoms with Gasteiger partial charge in [0.25, 0.3) is 11.5 Å². The number of benzene rings is 3. The van der Waals surface area contributed by atoms with Gasteiger partial charge in [-0.1, -0.05) is 30.3 Å². The smallest absolute Gasteiger partial charge is 0.293 e. The lowest BCUT2D eigenvalue weighted by Gasteiger charge is -2.31. The second kappa shape index (κ2) is 10.3. The first-order valence-electron chi connectivity index (χ1n) is 14.3. The molecular formula is C33H31N5O4. The Morgan fingerprint density at radius 1 is 0.976 bits per heavy atom. The van der Waals surface area contributed by atoms with Crippen molar-refractivity contribution in [2.24, 2.45) is 7.05 Å². The molecular weight excluding hydrogens is 530 g/mol. The van der Waals surface area contributed by atoms with Gasteiger partial charge in [-0.2, -0.15) is 0 Å². The predicted octanol–water partition coefficient (Wildman–Crippen LogP) is 4.65. The van der Waals surface area contributed by atoms with E-state index in [2.05, 4.69) is 27.8 Å². The van der Waals surface area contributed by atoms with E-state index in [1.54, 1.807) is 24.2 Å². The van der Waals surface area contributed by atoms with Crippen LogP contribution in [0.4, 0.5) is 22.9 Å². The zero-order chi connectivity index (χ0) is 29.0. The first kappa shape index (κ1) is 26.2. The molecule has 1 fully saturated rings. The molecule has 1 saturated carbocycles. The van der Waals surface area contributed by atoms with Crippen LogP contribution in [-0.4, -0.2) is 33.0 Å². The monoisotopic (exact) mass is 561 g/mol. The maximum absolute atomic E-state index is 13.7. The molecule has 3 aliphatic rings. The molecule has 1 aromatic heterocycles. The zero-order valence-corrected chi connectivity index (χ0v) is 23.3. The summed E-state index contributed by atoms with van der Waals surface area (Å²) >= 11 is 0. The molecule has 0 saturated heterocycles. The number of aryl methyl sites for hydroxylation is 2. The summed E-state index contributed by atoms with van der Waals surface area (Å²) in [4.78, 5) is 45.0. The lowest BCUT2D eigenvalue weighted by molar-refractivity contribution is -0.116. The Balaban J connectivity index is 1.23. The van der Waals surface area contributed by atoms with Gasteiger partial charge in [-0.3, -0.25) is 14.4 Å². The van der Waals surface area contributed by atoms with E-state index >= 15 is 0 Å². The molecule has 1 aliphatic carbocycles. The molecule has 0 radical (unpaired) electrons. The van der Waals surface area contributed by atoms with Gasteiger partial charge in [-0.05, 0) is 72.6 Å². The molecule has 3 heterocycles. The Kier molecular flexibility index (Phi) is 6.39. The normalized spacial score (nSPS) is 16.1. The van der Waals surface area contributed by atoms with Crippen molar-refractivity contribution >= 4 is 34.7 Å². The van der Waals surface area contributed by atoms with Crippen molar-refractivity contribution in [2.45, 2.75) is 44.6 Å². The van der Waals surface area contributed by atoms with E-state index in [0.717, 1.165) is 23.2 Å². The third kappa shape index (κ3) is 4.65. The summed E-state index contributed by atoms with van der Waals surface area (Å²) < 4.78 is 1.44. The topological polar surface area (TPSA) is 117 Å². The quantitative estimate of drug-likeness (QED) is 0.316. The molecule has 9 nitrogen and oxygen atoms in total. The molecule has 2 amide bonds. The second-order valence-corrected chi connectivity index (χ2v) is 11.3. The third-order valence-electron chi connectivity index (χ3n) is 8.47. The van der Waals surface area contributed by atoms with E-state index in [1.807, 2.05) is 36.4 Å². The number of carbonyl (C=O) groups is 2. The molecule has 0 unspecified atom stereocenters. The molecule has 2 aliphatic heterocycles. The number of aliphatic hydroxyl groups is 1. The van der Waals surface area contributed by atoms with Crippen LogP contribution in [0.2, 0.25) is 0 Å². The molecule has 3 N–H and O–H groups in total. The van der Waals surface area contributed by atoms with E-state index in [1.165, 1.54) is 23.0 Å². The van der Waals surface area contributed by atoms with Crippen molar-refractivity contribution in [3.63, 3.8) is 0 Å². The molecule has 212 valence electrons. The van der Waals surface area contributed by atoms with E-state index in [-0.39, 0.29) is 29.8 Å². The summed E-state index contributed by atoms with van der Waals surface area (Å²) in [6.45, 7) is 0.208. The van der Waals surface area contributed by atoms with Crippen molar-refractivity contribution in [1.29, 1.82) is 0 Å². The van der Waals surface area contributed by atoms with Crippen LogP contribution in [0, 0.1) is 0 Å². The molecule has 0 atom stereocenters. The number of aromatic nitrogens is 2. The first-order chi connectivity index (χ1) is 20.4. The van der Waals surface area contributed by atoms with Crippen molar-refractivity contribution in [3.05, 3.63) is 99.0 Å². The SMILES string of the molecule is Cn1cc(-c2cccc(N3CCc4cc(C5CC5)ccc4C3=O)c2CO)nc(Nc2ccc3c(c2)NC(=O)CC3)c1=O. The highest BCUT2D eigenvalue weighted by atomic mass is 16.3. The van der Waals surface area contributed by atoms with Gasteiger partial charge in [0.2, 0.25) is 5.91 Å². The Morgan fingerprint density at radius 3 is 2.64 bits per heavy atom. The average Bonchev–Trinajstić information content (AvgIpc) is 3.85. The summed E-state index contributed by atoms with van der Waals surface area (Å²) in [6.07, 6.45) is 5.92. The van der Waals surface area contributed by atoms with Crippen LogP contribution >= 0.6 is 0 Å². The number of rotatable bonds is 6. The highest BCUT2D eigenvalue weighted by Gasteiger charge is 2.30. The summed E-state index contributed by atoms with van der Waals surface area (Å²) in [5.41, 5.74) is 7.47. The van der Waals surface area contributed by atoms with Crippen LogP contribution in [0.1, 0.15) is 57.8 Å². The van der Waals surface area contributed by atoms with Crippen molar-refractivity contribution < 1.29 is 14.7 Å². The molecule has 42 heavy (non-hydrogen) atoms. The summed E-state index contributed by atoms with van der Waals surface area (Å²) in [7, 11) is 1.65. The summed E-state index contributed by atoms with van der Waals surface area (Å²) in [6, 6.07) is 17.3. The van der Waals surface area contributed by atoms with Crippen molar-refractivity contribution in [2.75, 3.05) is 22.1 Å². The van der Waals surface area contributed by atoms with Gasteiger partial charge in [0.15, 0.2) is 5.82 Å². The Labute approximate surface area is 242 Å². The third-order valence-corrected chi connectivity index (χ3v) is 8.47. The molecule has 3 aromatic carbocycles. The maximum Gasteiger partial charge on any atom is 0.293 e. The van der Waals surface area contributed by atoms with Crippen LogP contribution in [0.25, 0.3) is 11.3 Å². The van der Waals surface area contributed by atoms with Gasteiger partial charge in [0, 0.05) is 54.3 Å². The average molecular weight is 562 g/mol. The second-order valence-electron chi connectivity index (χ2n) is 11.3. The Hall–Kier alpha value is -4.76.